The molecule has 23 heavy (non-hydrogen) atoms. The van der Waals surface area contributed by atoms with Crippen molar-refractivity contribution in [2.45, 2.75) is 39.7 Å². The molecule has 0 aromatic heterocycles. The Morgan fingerprint density at radius 3 is 2.17 bits per heavy atom. The van der Waals surface area contributed by atoms with Gasteiger partial charge < -0.3 is 15.5 Å². The van der Waals surface area contributed by atoms with E-state index in [2.05, 4.69) is 42.5 Å². The quantitative estimate of drug-likeness (QED) is 0.415. The number of piperidine rings is 1. The Morgan fingerprint density at radius 1 is 1.09 bits per heavy atom. The van der Waals surface area contributed by atoms with Gasteiger partial charge in [0.15, 0.2) is 5.96 Å². The number of aliphatic imine (C=N–C) groups is 1. The fourth-order valence-corrected chi connectivity index (χ4v) is 3.43. The Morgan fingerprint density at radius 2 is 1.65 bits per heavy atom. The average Bonchev–Trinajstić information content (AvgIpc) is 2.49. The highest BCUT2D eigenvalue weighted by atomic mass is 127. The van der Waals surface area contributed by atoms with Gasteiger partial charge in [0, 0.05) is 45.3 Å². The highest BCUT2D eigenvalue weighted by molar-refractivity contribution is 14.0. The van der Waals surface area contributed by atoms with Gasteiger partial charge in [0.2, 0.25) is 0 Å². The lowest BCUT2D eigenvalue weighted by Gasteiger charge is -2.39. The molecule has 2 heterocycles. The minimum absolute atomic E-state index is 0. The van der Waals surface area contributed by atoms with Gasteiger partial charge in [-0.25, -0.2) is 0 Å². The van der Waals surface area contributed by atoms with Gasteiger partial charge in [-0.05, 0) is 31.7 Å². The van der Waals surface area contributed by atoms with Crippen molar-refractivity contribution in [2.75, 3.05) is 52.9 Å². The summed E-state index contributed by atoms with van der Waals surface area (Å²) in [4.78, 5) is 12.0. The molecule has 2 aliphatic rings. The fourth-order valence-electron chi connectivity index (χ4n) is 3.43. The summed E-state index contributed by atoms with van der Waals surface area (Å²) in [6.45, 7) is 14.5. The zero-order valence-electron chi connectivity index (χ0n) is 15.4. The second kappa shape index (κ2) is 10.0. The maximum atomic E-state index is 6.24. The maximum Gasteiger partial charge on any atom is 0.191 e. The Hall–Kier alpha value is -0.0800. The summed E-state index contributed by atoms with van der Waals surface area (Å²) in [5.74, 6) is 2.20. The first-order chi connectivity index (χ1) is 10.5. The van der Waals surface area contributed by atoms with Crippen LogP contribution in [-0.4, -0.2) is 79.6 Å². The van der Waals surface area contributed by atoms with Crippen molar-refractivity contribution >= 4 is 29.9 Å². The minimum atomic E-state index is 0. The SMILES string of the molecule is CC1CCN(C(N)=NCC(C(C)C)N2CCN(C)CC2)CC1.I. The van der Waals surface area contributed by atoms with Crippen LogP contribution in [-0.2, 0) is 0 Å². The average molecular weight is 437 g/mol. The summed E-state index contributed by atoms with van der Waals surface area (Å²) in [5.41, 5.74) is 6.24. The van der Waals surface area contributed by atoms with Crippen LogP contribution >= 0.6 is 24.0 Å². The van der Waals surface area contributed by atoms with Crippen molar-refractivity contribution in [3.63, 3.8) is 0 Å². The predicted octanol–water partition coefficient (Wildman–Crippen LogP) is 1.92. The van der Waals surface area contributed by atoms with Crippen molar-refractivity contribution in [3.8, 4) is 0 Å². The molecule has 2 fully saturated rings. The van der Waals surface area contributed by atoms with Gasteiger partial charge in [-0.3, -0.25) is 9.89 Å². The number of likely N-dealkylation sites (N-methyl/N-ethyl adjacent to an activating group) is 1. The molecule has 2 aliphatic heterocycles. The molecule has 2 rings (SSSR count). The molecule has 0 bridgehead atoms. The van der Waals surface area contributed by atoms with E-state index in [1.807, 2.05) is 0 Å². The van der Waals surface area contributed by atoms with Crippen LogP contribution in [0.5, 0.6) is 0 Å². The molecule has 5 nitrogen and oxygen atoms in total. The molecule has 0 amide bonds. The van der Waals surface area contributed by atoms with Gasteiger partial charge in [0.25, 0.3) is 0 Å². The number of hydrogen-bond donors (Lipinski definition) is 1. The van der Waals surface area contributed by atoms with Crippen molar-refractivity contribution in [1.29, 1.82) is 0 Å². The van der Waals surface area contributed by atoms with Crippen molar-refractivity contribution in [1.82, 2.24) is 14.7 Å². The summed E-state index contributed by atoms with van der Waals surface area (Å²) in [6, 6.07) is 0.510. The van der Waals surface area contributed by atoms with Crippen LogP contribution in [0.15, 0.2) is 4.99 Å². The number of guanidine groups is 1. The molecule has 1 unspecified atom stereocenters. The zero-order valence-corrected chi connectivity index (χ0v) is 17.7. The smallest absolute Gasteiger partial charge is 0.191 e. The summed E-state index contributed by atoms with van der Waals surface area (Å²) in [5, 5.41) is 0. The second-order valence-corrected chi connectivity index (χ2v) is 7.52. The van der Waals surface area contributed by atoms with E-state index in [1.54, 1.807) is 0 Å². The Balaban J connectivity index is 0.00000264. The third-order valence-corrected chi connectivity index (χ3v) is 5.32. The van der Waals surface area contributed by atoms with E-state index < -0.39 is 0 Å². The number of nitrogens with zero attached hydrogens (tertiary/aromatic N) is 4. The number of halogens is 1. The van der Waals surface area contributed by atoms with Crippen molar-refractivity contribution in [3.05, 3.63) is 0 Å². The number of rotatable bonds is 4. The first-order valence-corrected chi connectivity index (χ1v) is 8.95. The first kappa shape index (κ1) is 21.0. The zero-order chi connectivity index (χ0) is 16.1. The molecule has 2 N–H and O–H groups in total. The van der Waals surface area contributed by atoms with E-state index in [4.69, 9.17) is 10.7 Å². The third-order valence-electron chi connectivity index (χ3n) is 5.32. The first-order valence-electron chi connectivity index (χ1n) is 8.95. The summed E-state index contributed by atoms with van der Waals surface area (Å²) in [7, 11) is 2.20. The second-order valence-electron chi connectivity index (χ2n) is 7.52. The molecule has 0 aromatic carbocycles. The Labute approximate surface area is 159 Å². The number of piperazine rings is 1. The lowest BCUT2D eigenvalue weighted by Crippen LogP contribution is -2.52. The van der Waals surface area contributed by atoms with Crippen LogP contribution in [0.1, 0.15) is 33.6 Å². The number of hydrogen-bond acceptors (Lipinski definition) is 3. The molecule has 0 radical (unpaired) electrons. The van der Waals surface area contributed by atoms with E-state index in [-0.39, 0.29) is 24.0 Å². The van der Waals surface area contributed by atoms with E-state index in [0.717, 1.165) is 57.7 Å². The molecule has 0 saturated carbocycles. The summed E-state index contributed by atoms with van der Waals surface area (Å²) >= 11 is 0. The standard InChI is InChI=1S/C17H35N5.HI/c1-14(2)16(21-11-9-20(4)10-12-21)13-19-17(18)22-7-5-15(3)6-8-22;/h14-16H,5-13H2,1-4H3,(H2,18,19);1H. The van der Waals surface area contributed by atoms with E-state index in [1.165, 1.54) is 12.8 Å². The van der Waals surface area contributed by atoms with Gasteiger partial charge in [-0.2, -0.15) is 0 Å². The normalized spacial score (nSPS) is 23.9. The van der Waals surface area contributed by atoms with Gasteiger partial charge >= 0.3 is 0 Å². The van der Waals surface area contributed by atoms with Gasteiger partial charge in [0.05, 0.1) is 6.54 Å². The minimum Gasteiger partial charge on any atom is -0.370 e. The molecule has 1 atom stereocenters. The van der Waals surface area contributed by atoms with Crippen LogP contribution < -0.4 is 5.73 Å². The molecule has 2 saturated heterocycles. The van der Waals surface area contributed by atoms with E-state index in [0.29, 0.717) is 12.0 Å². The van der Waals surface area contributed by atoms with Crippen LogP contribution in [0.2, 0.25) is 0 Å². The fraction of sp³-hybridized carbons (Fsp3) is 0.941. The lowest BCUT2D eigenvalue weighted by atomic mass is 9.99. The molecule has 6 heteroatoms. The molecule has 136 valence electrons. The third kappa shape index (κ3) is 6.38. The molecular weight excluding hydrogens is 401 g/mol. The topological polar surface area (TPSA) is 48.1 Å². The lowest BCUT2D eigenvalue weighted by molar-refractivity contribution is 0.0924. The summed E-state index contributed by atoms with van der Waals surface area (Å²) < 4.78 is 0. The highest BCUT2D eigenvalue weighted by Crippen LogP contribution is 2.17. The predicted molar refractivity (Wildman–Crippen MR) is 110 cm³/mol. The van der Waals surface area contributed by atoms with Crippen molar-refractivity contribution in [2.24, 2.45) is 22.6 Å². The molecule has 0 aromatic rings. The largest absolute Gasteiger partial charge is 0.370 e. The van der Waals surface area contributed by atoms with E-state index >= 15 is 0 Å². The van der Waals surface area contributed by atoms with Crippen LogP contribution in [0.4, 0.5) is 0 Å². The van der Waals surface area contributed by atoms with Crippen LogP contribution in [0.25, 0.3) is 0 Å². The van der Waals surface area contributed by atoms with E-state index in [9.17, 15) is 0 Å². The van der Waals surface area contributed by atoms with Crippen LogP contribution in [0, 0.1) is 11.8 Å². The maximum absolute atomic E-state index is 6.24. The monoisotopic (exact) mass is 437 g/mol. The molecule has 0 aliphatic carbocycles. The number of likely N-dealkylation sites (tertiary alicyclic amines) is 1. The Bertz CT molecular complexity index is 358. The molecular formula is C17H36IN5. The van der Waals surface area contributed by atoms with Crippen LogP contribution in [0.3, 0.4) is 0 Å². The summed E-state index contributed by atoms with van der Waals surface area (Å²) in [6.07, 6.45) is 2.48. The van der Waals surface area contributed by atoms with Gasteiger partial charge in [-0.1, -0.05) is 20.8 Å². The highest BCUT2D eigenvalue weighted by Gasteiger charge is 2.25. The Kier molecular flexibility index (Phi) is 9.15. The van der Waals surface area contributed by atoms with Gasteiger partial charge in [0.1, 0.15) is 0 Å². The van der Waals surface area contributed by atoms with Crippen molar-refractivity contribution < 1.29 is 0 Å². The molecule has 0 spiro atoms. The number of nitrogens with two attached hydrogens (primary N) is 1. The van der Waals surface area contributed by atoms with Gasteiger partial charge in [-0.15, -0.1) is 24.0 Å².